The molecular formula is C27H30F2N8O3. The van der Waals surface area contributed by atoms with Crippen molar-refractivity contribution in [2.45, 2.75) is 19.4 Å². The first-order valence-corrected chi connectivity index (χ1v) is 12.5. The van der Waals surface area contributed by atoms with E-state index in [4.69, 9.17) is 16.2 Å². The molecule has 0 bridgehead atoms. The number of hydrogen-bond acceptors (Lipinski definition) is 8. The zero-order valence-corrected chi connectivity index (χ0v) is 22.0. The first-order chi connectivity index (χ1) is 19.3. The van der Waals surface area contributed by atoms with E-state index in [2.05, 4.69) is 25.9 Å². The Balaban J connectivity index is 1.51. The molecule has 2 aromatic heterocycles. The van der Waals surface area contributed by atoms with E-state index in [1.807, 2.05) is 13.0 Å². The third-order valence-corrected chi connectivity index (χ3v) is 6.26. The quantitative estimate of drug-likeness (QED) is 0.177. The number of rotatable bonds is 11. The molecule has 1 atom stereocenters. The Bertz CT molecular complexity index is 1540. The van der Waals surface area contributed by atoms with E-state index < -0.39 is 17.7 Å². The second-order valence-electron chi connectivity index (χ2n) is 8.80. The van der Waals surface area contributed by atoms with Crippen LogP contribution in [0.4, 0.5) is 20.3 Å². The lowest BCUT2D eigenvalue weighted by atomic mass is 10.0. The molecule has 11 nitrogen and oxygen atoms in total. The van der Waals surface area contributed by atoms with Crippen LogP contribution in [0.1, 0.15) is 22.8 Å². The maximum Gasteiger partial charge on any atom is 0.251 e. The highest BCUT2D eigenvalue weighted by Gasteiger charge is 2.19. The summed E-state index contributed by atoms with van der Waals surface area (Å²) in [5.41, 5.74) is 13.6. The SMILES string of the molecule is CCc1cc(Nc2nccn3c(-c4ccc(OC)c(F)c4F)cnc23)ccc1C(=O)NCCNC(=O)[C@@H](N)CN. The van der Waals surface area contributed by atoms with Crippen molar-refractivity contribution in [1.82, 2.24) is 25.0 Å². The molecule has 13 heteroatoms. The predicted molar refractivity (Wildman–Crippen MR) is 146 cm³/mol. The Morgan fingerprint density at radius 2 is 1.88 bits per heavy atom. The summed E-state index contributed by atoms with van der Waals surface area (Å²) in [5, 5.41) is 8.58. The maximum absolute atomic E-state index is 14.8. The van der Waals surface area contributed by atoms with Gasteiger partial charge in [0, 0.05) is 48.8 Å². The van der Waals surface area contributed by atoms with E-state index in [0.29, 0.717) is 34.8 Å². The smallest absolute Gasteiger partial charge is 0.251 e. The summed E-state index contributed by atoms with van der Waals surface area (Å²) in [5.74, 6) is -2.60. The number of halogens is 2. The molecule has 0 spiro atoms. The molecule has 2 amide bonds. The average Bonchev–Trinajstić information content (AvgIpc) is 3.40. The number of amides is 2. The van der Waals surface area contributed by atoms with E-state index in [-0.39, 0.29) is 42.8 Å². The van der Waals surface area contributed by atoms with E-state index in [9.17, 15) is 18.4 Å². The van der Waals surface area contributed by atoms with Crippen LogP contribution < -0.4 is 32.2 Å². The highest BCUT2D eigenvalue weighted by molar-refractivity contribution is 5.96. The van der Waals surface area contributed by atoms with Crippen molar-refractivity contribution in [2.75, 3.05) is 32.1 Å². The van der Waals surface area contributed by atoms with Crippen LogP contribution >= 0.6 is 0 Å². The normalized spacial score (nSPS) is 11.8. The minimum absolute atomic E-state index is 0.0216. The first kappa shape index (κ1) is 28.4. The molecule has 2 heterocycles. The van der Waals surface area contributed by atoms with E-state index in [0.717, 1.165) is 5.56 Å². The van der Waals surface area contributed by atoms with Crippen molar-refractivity contribution >= 4 is 29.0 Å². The maximum atomic E-state index is 14.8. The standard InChI is InChI=1S/C27H30F2N8O3/c1-3-15-12-16(4-5-17(15)26(38)33-8-9-34-27(39)19(31)13-30)36-24-25-35-14-20(37(25)11-10-32-24)18-6-7-21(40-2)23(29)22(18)28/h4-7,10-12,14,19H,3,8-9,13,30-31H2,1-2H3,(H,32,36)(H,33,38)(H,34,39)/t19-/m0/s1. The summed E-state index contributed by atoms with van der Waals surface area (Å²) in [6.07, 6.45) is 5.12. The topological polar surface area (TPSA) is 162 Å². The summed E-state index contributed by atoms with van der Waals surface area (Å²) >= 11 is 0. The Morgan fingerprint density at radius 3 is 2.60 bits per heavy atom. The number of anilines is 2. The molecule has 0 radical (unpaired) electrons. The molecule has 40 heavy (non-hydrogen) atoms. The summed E-state index contributed by atoms with van der Waals surface area (Å²) in [6.45, 7) is 2.39. The van der Waals surface area contributed by atoms with Crippen LogP contribution in [-0.2, 0) is 11.2 Å². The summed E-state index contributed by atoms with van der Waals surface area (Å²) in [6, 6.07) is 7.22. The van der Waals surface area contributed by atoms with E-state index in [1.54, 1.807) is 22.7 Å². The fraction of sp³-hybridized carbons (Fsp3) is 0.259. The number of aromatic nitrogens is 3. The van der Waals surface area contributed by atoms with Crippen LogP contribution in [-0.4, -0.2) is 59.0 Å². The summed E-state index contributed by atoms with van der Waals surface area (Å²) < 4.78 is 35.6. The molecule has 0 unspecified atom stereocenters. The van der Waals surface area contributed by atoms with Gasteiger partial charge in [0.1, 0.15) is 0 Å². The number of benzene rings is 2. The summed E-state index contributed by atoms with van der Waals surface area (Å²) in [4.78, 5) is 33.2. The number of ether oxygens (including phenoxy) is 1. The zero-order valence-electron chi connectivity index (χ0n) is 22.0. The van der Waals surface area contributed by atoms with Gasteiger partial charge in [0.25, 0.3) is 5.91 Å². The fourth-order valence-electron chi connectivity index (χ4n) is 4.11. The zero-order chi connectivity index (χ0) is 28.8. The molecule has 0 fully saturated rings. The van der Waals surface area contributed by atoms with Crippen LogP contribution in [0, 0.1) is 11.6 Å². The first-order valence-electron chi connectivity index (χ1n) is 12.5. The van der Waals surface area contributed by atoms with Gasteiger partial charge in [-0.1, -0.05) is 6.92 Å². The lowest BCUT2D eigenvalue weighted by Crippen LogP contribution is -2.47. The molecule has 0 aliphatic rings. The molecule has 7 N–H and O–H groups in total. The van der Waals surface area contributed by atoms with Crippen molar-refractivity contribution in [3.05, 3.63) is 71.7 Å². The molecular weight excluding hydrogens is 522 g/mol. The molecule has 0 aliphatic heterocycles. The van der Waals surface area contributed by atoms with Gasteiger partial charge in [-0.3, -0.25) is 14.0 Å². The van der Waals surface area contributed by atoms with Gasteiger partial charge in [-0.2, -0.15) is 4.39 Å². The number of hydrogen-bond donors (Lipinski definition) is 5. The van der Waals surface area contributed by atoms with Crippen molar-refractivity contribution < 1.29 is 23.1 Å². The van der Waals surface area contributed by atoms with Crippen LogP contribution in [0.25, 0.3) is 16.9 Å². The lowest BCUT2D eigenvalue weighted by Gasteiger charge is -2.14. The molecule has 0 saturated heterocycles. The minimum Gasteiger partial charge on any atom is -0.494 e. The highest BCUT2D eigenvalue weighted by atomic mass is 19.2. The number of carbonyl (C=O) groups is 2. The van der Waals surface area contributed by atoms with Gasteiger partial charge in [0.2, 0.25) is 11.7 Å². The number of nitrogens with one attached hydrogen (secondary N) is 3. The van der Waals surface area contributed by atoms with Gasteiger partial charge < -0.3 is 32.2 Å². The second-order valence-corrected chi connectivity index (χ2v) is 8.80. The average molecular weight is 553 g/mol. The minimum atomic E-state index is -1.08. The summed E-state index contributed by atoms with van der Waals surface area (Å²) in [7, 11) is 1.27. The number of imidazole rings is 1. The number of fused-ring (bicyclic) bond motifs is 1. The van der Waals surface area contributed by atoms with Gasteiger partial charge in [0.15, 0.2) is 23.0 Å². The van der Waals surface area contributed by atoms with Crippen LogP contribution in [0.2, 0.25) is 0 Å². The Labute approximate surface area is 228 Å². The van der Waals surface area contributed by atoms with Gasteiger partial charge in [-0.15, -0.1) is 0 Å². The molecule has 0 saturated carbocycles. The van der Waals surface area contributed by atoms with Crippen LogP contribution in [0.15, 0.2) is 48.9 Å². The van der Waals surface area contributed by atoms with Crippen LogP contribution in [0.3, 0.4) is 0 Å². The lowest BCUT2D eigenvalue weighted by molar-refractivity contribution is -0.122. The van der Waals surface area contributed by atoms with Crippen LogP contribution in [0.5, 0.6) is 5.75 Å². The monoisotopic (exact) mass is 552 g/mol. The number of carbonyl (C=O) groups excluding carboxylic acids is 2. The van der Waals surface area contributed by atoms with Crippen molar-refractivity contribution in [2.24, 2.45) is 11.5 Å². The Hall–Kier alpha value is -4.62. The van der Waals surface area contributed by atoms with E-state index in [1.165, 1.54) is 31.6 Å². The molecule has 4 aromatic rings. The fourth-order valence-corrected chi connectivity index (χ4v) is 4.11. The van der Waals surface area contributed by atoms with Gasteiger partial charge >= 0.3 is 0 Å². The van der Waals surface area contributed by atoms with Gasteiger partial charge in [0.05, 0.1) is 25.0 Å². The third kappa shape index (κ3) is 5.84. The van der Waals surface area contributed by atoms with Gasteiger partial charge in [-0.05, 0) is 42.3 Å². The Morgan fingerprint density at radius 1 is 1.10 bits per heavy atom. The van der Waals surface area contributed by atoms with Crippen molar-refractivity contribution in [1.29, 1.82) is 0 Å². The predicted octanol–water partition coefficient (Wildman–Crippen LogP) is 2.12. The Kier molecular flexibility index (Phi) is 8.86. The molecule has 0 aliphatic carbocycles. The largest absolute Gasteiger partial charge is 0.494 e. The third-order valence-electron chi connectivity index (χ3n) is 6.26. The number of nitrogens with zero attached hydrogens (tertiary/aromatic N) is 3. The molecule has 210 valence electrons. The number of methoxy groups -OCH3 is 1. The molecule has 2 aromatic carbocycles. The number of nitrogens with two attached hydrogens (primary N) is 2. The molecule has 4 rings (SSSR count). The highest BCUT2D eigenvalue weighted by Crippen LogP contribution is 2.31. The van der Waals surface area contributed by atoms with Gasteiger partial charge in [-0.25, -0.2) is 14.4 Å². The van der Waals surface area contributed by atoms with Crippen molar-refractivity contribution in [3.8, 4) is 17.0 Å². The number of aryl methyl sites for hydroxylation is 1. The second kappa shape index (κ2) is 12.5. The van der Waals surface area contributed by atoms with Crippen molar-refractivity contribution in [3.63, 3.8) is 0 Å². The van der Waals surface area contributed by atoms with E-state index >= 15 is 0 Å².